The lowest BCUT2D eigenvalue weighted by atomic mass is 9.82. The first kappa shape index (κ1) is 18.0. The highest BCUT2D eigenvalue weighted by Crippen LogP contribution is 2.34. The van der Waals surface area contributed by atoms with E-state index in [0.29, 0.717) is 16.5 Å². The minimum Gasteiger partial charge on any atom is -0.465 e. The van der Waals surface area contributed by atoms with Gasteiger partial charge in [-0.3, -0.25) is 4.79 Å². The van der Waals surface area contributed by atoms with Crippen molar-refractivity contribution in [3.8, 4) is 0 Å². The quantitative estimate of drug-likeness (QED) is 0.627. The molecular weight excluding hydrogens is 309 g/mol. The molecule has 1 aliphatic carbocycles. The van der Waals surface area contributed by atoms with E-state index in [1.165, 1.54) is 18.4 Å². The number of nitrogens with zero attached hydrogens (tertiary/aromatic N) is 1. The summed E-state index contributed by atoms with van der Waals surface area (Å²) in [6, 6.07) is 1.94. The molecule has 2 rings (SSSR count). The normalized spacial score (nSPS) is 21.3. The third-order valence-corrected chi connectivity index (χ3v) is 5.60. The molecule has 0 aromatic carbocycles. The highest BCUT2D eigenvalue weighted by molar-refractivity contribution is 7.22. The van der Waals surface area contributed by atoms with Gasteiger partial charge < -0.3 is 9.64 Å². The van der Waals surface area contributed by atoms with Crippen molar-refractivity contribution in [3.05, 3.63) is 10.9 Å². The van der Waals surface area contributed by atoms with Crippen molar-refractivity contribution in [2.75, 3.05) is 12.0 Å². The Morgan fingerprint density at radius 2 is 1.91 bits per heavy atom. The first-order valence-corrected chi connectivity index (χ1v) is 9.18. The van der Waals surface area contributed by atoms with Crippen molar-refractivity contribution in [2.24, 2.45) is 11.8 Å². The van der Waals surface area contributed by atoms with E-state index in [9.17, 15) is 9.59 Å². The largest absolute Gasteiger partial charge is 0.465 e. The minimum atomic E-state index is -0.367. The number of thiophene rings is 1. The Hall–Kier alpha value is -1.30. The van der Waals surface area contributed by atoms with Crippen LogP contribution in [0.2, 0.25) is 0 Å². The van der Waals surface area contributed by atoms with E-state index >= 15 is 0 Å². The van der Waals surface area contributed by atoms with E-state index < -0.39 is 0 Å². The van der Waals surface area contributed by atoms with Crippen LogP contribution in [0.25, 0.3) is 0 Å². The van der Waals surface area contributed by atoms with Gasteiger partial charge in [0.1, 0.15) is 4.88 Å². The summed E-state index contributed by atoms with van der Waals surface area (Å²) in [6.07, 6.45) is 4.10. The smallest absolute Gasteiger partial charge is 0.350 e. The van der Waals surface area contributed by atoms with Crippen LogP contribution in [0.3, 0.4) is 0 Å². The van der Waals surface area contributed by atoms with E-state index in [4.69, 9.17) is 4.74 Å². The Bertz CT molecular complexity index is 576. The molecule has 126 valence electrons. The molecule has 0 radical (unpaired) electrons. The summed E-state index contributed by atoms with van der Waals surface area (Å²) in [4.78, 5) is 27.5. The number of rotatable bonds is 4. The van der Waals surface area contributed by atoms with Crippen molar-refractivity contribution in [2.45, 2.75) is 52.5 Å². The van der Waals surface area contributed by atoms with Gasteiger partial charge in [-0.05, 0) is 56.3 Å². The van der Waals surface area contributed by atoms with E-state index in [0.717, 1.165) is 30.5 Å². The fourth-order valence-electron chi connectivity index (χ4n) is 3.27. The molecule has 4 nitrogen and oxygen atoms in total. The summed E-state index contributed by atoms with van der Waals surface area (Å²) < 4.78 is 5.90. The SMILES string of the molecule is Bc1cc(N(C(=O)C2CCC(C)CC2)C(C)C)c(C(=O)OC)s1. The van der Waals surface area contributed by atoms with Crippen molar-refractivity contribution < 1.29 is 14.3 Å². The van der Waals surface area contributed by atoms with Gasteiger partial charge in [0.25, 0.3) is 0 Å². The summed E-state index contributed by atoms with van der Waals surface area (Å²) in [7, 11) is 3.33. The van der Waals surface area contributed by atoms with Crippen molar-refractivity contribution in [3.63, 3.8) is 0 Å². The van der Waals surface area contributed by atoms with E-state index in [1.54, 1.807) is 4.90 Å². The molecule has 0 bridgehead atoms. The predicted octanol–water partition coefficient (Wildman–Crippen LogP) is 2.36. The van der Waals surface area contributed by atoms with E-state index in [-0.39, 0.29) is 23.8 Å². The fourth-order valence-corrected chi connectivity index (χ4v) is 4.19. The predicted molar refractivity (Wildman–Crippen MR) is 97.6 cm³/mol. The zero-order valence-electron chi connectivity index (χ0n) is 14.7. The maximum atomic E-state index is 13.1. The molecule has 0 spiro atoms. The minimum absolute atomic E-state index is 0.0132. The van der Waals surface area contributed by atoms with Gasteiger partial charge in [0.2, 0.25) is 5.91 Å². The van der Waals surface area contributed by atoms with E-state index in [1.807, 2.05) is 27.8 Å². The number of amides is 1. The molecule has 1 amide bonds. The van der Waals surface area contributed by atoms with Crippen LogP contribution < -0.4 is 9.68 Å². The lowest BCUT2D eigenvalue weighted by Crippen LogP contribution is -2.42. The van der Waals surface area contributed by atoms with Crippen LogP contribution in [-0.4, -0.2) is 32.9 Å². The van der Waals surface area contributed by atoms with Crippen LogP contribution in [0.1, 0.15) is 56.1 Å². The van der Waals surface area contributed by atoms with E-state index in [2.05, 4.69) is 6.92 Å². The topological polar surface area (TPSA) is 46.6 Å². The molecule has 1 aromatic rings. The molecule has 0 N–H and O–H groups in total. The number of carbonyl (C=O) groups excluding carboxylic acids is 2. The highest BCUT2D eigenvalue weighted by Gasteiger charge is 2.33. The van der Waals surface area contributed by atoms with Crippen molar-refractivity contribution in [1.29, 1.82) is 0 Å². The second-order valence-electron chi connectivity index (χ2n) is 6.82. The third-order valence-electron chi connectivity index (χ3n) is 4.58. The van der Waals surface area contributed by atoms with Crippen LogP contribution in [0.5, 0.6) is 0 Å². The van der Waals surface area contributed by atoms with Gasteiger partial charge in [0, 0.05) is 12.0 Å². The first-order valence-electron chi connectivity index (χ1n) is 8.37. The molecule has 1 heterocycles. The van der Waals surface area contributed by atoms with Crippen LogP contribution in [-0.2, 0) is 9.53 Å². The van der Waals surface area contributed by atoms with Crippen LogP contribution >= 0.6 is 11.3 Å². The lowest BCUT2D eigenvalue weighted by Gasteiger charge is -2.33. The molecule has 1 fully saturated rings. The maximum absolute atomic E-state index is 13.1. The number of methoxy groups -OCH3 is 1. The fraction of sp³-hybridized carbons (Fsp3) is 0.647. The summed E-state index contributed by atoms with van der Waals surface area (Å²) in [5.41, 5.74) is 0.706. The molecule has 0 unspecified atom stereocenters. The number of hydrogen-bond acceptors (Lipinski definition) is 4. The van der Waals surface area contributed by atoms with Gasteiger partial charge in [-0.2, -0.15) is 0 Å². The molecular formula is C17H26BNO3S. The van der Waals surface area contributed by atoms with Gasteiger partial charge in [0.05, 0.1) is 12.8 Å². The molecule has 1 aliphatic rings. The number of ether oxygens (including phenoxy) is 1. The van der Waals surface area contributed by atoms with Gasteiger partial charge in [0.15, 0.2) is 7.85 Å². The molecule has 1 aromatic heterocycles. The Morgan fingerprint density at radius 3 is 2.43 bits per heavy atom. The Kier molecular flexibility index (Phi) is 5.90. The Labute approximate surface area is 143 Å². The first-order chi connectivity index (χ1) is 10.8. The molecule has 6 heteroatoms. The summed E-state index contributed by atoms with van der Waals surface area (Å²) >= 11 is 1.39. The number of hydrogen-bond donors (Lipinski definition) is 0. The average Bonchev–Trinajstić information content (AvgIpc) is 2.88. The number of anilines is 1. The second-order valence-corrected chi connectivity index (χ2v) is 8.08. The Balaban J connectivity index is 2.32. The van der Waals surface area contributed by atoms with Crippen LogP contribution in [0.15, 0.2) is 6.07 Å². The van der Waals surface area contributed by atoms with Crippen molar-refractivity contribution >= 4 is 41.5 Å². The average molecular weight is 335 g/mol. The zero-order valence-corrected chi connectivity index (χ0v) is 15.5. The van der Waals surface area contributed by atoms with Gasteiger partial charge >= 0.3 is 5.97 Å². The zero-order chi connectivity index (χ0) is 17.1. The second kappa shape index (κ2) is 7.52. The van der Waals surface area contributed by atoms with Crippen LogP contribution in [0, 0.1) is 11.8 Å². The van der Waals surface area contributed by atoms with Crippen molar-refractivity contribution in [1.82, 2.24) is 0 Å². The third kappa shape index (κ3) is 3.97. The van der Waals surface area contributed by atoms with Gasteiger partial charge in [-0.1, -0.05) is 6.92 Å². The summed E-state index contributed by atoms with van der Waals surface area (Å²) in [6.45, 7) is 6.24. The Morgan fingerprint density at radius 1 is 1.30 bits per heavy atom. The number of carbonyl (C=O) groups is 2. The molecule has 0 saturated heterocycles. The standard InChI is InChI=1S/C17H26BNO3S/c1-10(2)19(16(20)12-7-5-11(3)6-8-12)13-9-14(18)23-15(13)17(21)22-4/h9-12H,5-8,18H2,1-4H3. The van der Waals surface area contributed by atoms with Gasteiger partial charge in [-0.15, -0.1) is 11.3 Å². The van der Waals surface area contributed by atoms with Crippen LogP contribution in [0.4, 0.5) is 5.69 Å². The summed E-state index contributed by atoms with van der Waals surface area (Å²) in [5, 5.41) is 0. The lowest BCUT2D eigenvalue weighted by molar-refractivity contribution is -0.123. The monoisotopic (exact) mass is 335 g/mol. The van der Waals surface area contributed by atoms with Gasteiger partial charge in [-0.25, -0.2) is 4.79 Å². The number of esters is 1. The molecule has 1 saturated carbocycles. The molecule has 23 heavy (non-hydrogen) atoms. The maximum Gasteiger partial charge on any atom is 0.350 e. The highest BCUT2D eigenvalue weighted by atomic mass is 32.1. The summed E-state index contributed by atoms with van der Waals surface area (Å²) in [5.74, 6) is 0.559. The molecule has 0 atom stereocenters. The molecule has 0 aliphatic heterocycles.